The van der Waals surface area contributed by atoms with Gasteiger partial charge in [0.15, 0.2) is 0 Å². The summed E-state index contributed by atoms with van der Waals surface area (Å²) in [5, 5.41) is 3.67. The minimum atomic E-state index is -0.192. The summed E-state index contributed by atoms with van der Waals surface area (Å²) in [5.74, 6) is 0.738. The fourth-order valence-electron chi connectivity index (χ4n) is 3.08. The van der Waals surface area contributed by atoms with Crippen LogP contribution in [0.1, 0.15) is 11.3 Å². The molecule has 0 saturated carbocycles. The van der Waals surface area contributed by atoms with E-state index in [2.05, 4.69) is 9.88 Å². The number of urea groups is 1. The molecule has 2 amide bonds. The molecule has 0 aliphatic heterocycles. The molecule has 0 fully saturated rings. The third-order valence-corrected chi connectivity index (χ3v) is 5.14. The number of hydrogen-bond acceptors (Lipinski definition) is 3. The molecule has 158 valence electrons. The van der Waals surface area contributed by atoms with Crippen molar-refractivity contribution in [1.82, 2.24) is 9.47 Å². The van der Waals surface area contributed by atoms with Gasteiger partial charge in [-0.3, -0.25) is 0 Å². The van der Waals surface area contributed by atoms with Gasteiger partial charge < -0.3 is 24.3 Å². The van der Waals surface area contributed by atoms with E-state index in [0.29, 0.717) is 31.9 Å². The first-order valence-corrected chi connectivity index (χ1v) is 10.0. The van der Waals surface area contributed by atoms with Crippen LogP contribution in [-0.2, 0) is 17.8 Å². The summed E-state index contributed by atoms with van der Waals surface area (Å²) in [7, 11) is 3.23. The Morgan fingerprint density at radius 1 is 1.07 bits per heavy atom. The highest BCUT2D eigenvalue weighted by atomic mass is 35.5. The van der Waals surface area contributed by atoms with E-state index in [1.807, 2.05) is 66.9 Å². The lowest BCUT2D eigenvalue weighted by Gasteiger charge is -2.24. The van der Waals surface area contributed by atoms with Crippen molar-refractivity contribution in [3.63, 3.8) is 0 Å². The summed E-state index contributed by atoms with van der Waals surface area (Å²) < 4.78 is 12.5. The first-order chi connectivity index (χ1) is 14.6. The smallest absolute Gasteiger partial charge is 0.322 e. The number of nitrogens with one attached hydrogen (secondary N) is 1. The number of methoxy groups -OCH3 is 2. The lowest BCUT2D eigenvalue weighted by atomic mass is 10.2. The van der Waals surface area contributed by atoms with E-state index in [1.165, 1.54) is 0 Å². The number of aromatic nitrogens is 1. The molecule has 1 aromatic heterocycles. The van der Waals surface area contributed by atoms with Gasteiger partial charge in [0.25, 0.3) is 0 Å². The van der Waals surface area contributed by atoms with Gasteiger partial charge in [0.1, 0.15) is 5.75 Å². The van der Waals surface area contributed by atoms with Gasteiger partial charge in [0, 0.05) is 42.8 Å². The fourth-order valence-corrected chi connectivity index (χ4v) is 3.28. The zero-order valence-corrected chi connectivity index (χ0v) is 17.9. The van der Waals surface area contributed by atoms with E-state index in [1.54, 1.807) is 19.1 Å². The molecular formula is C23H26ClN3O3. The molecule has 0 spiro atoms. The van der Waals surface area contributed by atoms with Gasteiger partial charge in [-0.05, 0) is 48.0 Å². The zero-order valence-electron chi connectivity index (χ0n) is 17.2. The van der Waals surface area contributed by atoms with E-state index in [-0.39, 0.29) is 6.03 Å². The van der Waals surface area contributed by atoms with Crippen LogP contribution in [0.4, 0.5) is 10.5 Å². The molecule has 0 radical (unpaired) electrons. The largest absolute Gasteiger partial charge is 0.497 e. The molecular weight excluding hydrogens is 402 g/mol. The van der Waals surface area contributed by atoms with Crippen LogP contribution in [0.3, 0.4) is 0 Å². The molecule has 1 heterocycles. The van der Waals surface area contributed by atoms with Crippen LogP contribution < -0.4 is 10.1 Å². The lowest BCUT2D eigenvalue weighted by Crippen LogP contribution is -2.37. The van der Waals surface area contributed by atoms with Crippen LogP contribution in [0.15, 0.2) is 66.9 Å². The Kier molecular flexibility index (Phi) is 7.76. The summed E-state index contributed by atoms with van der Waals surface area (Å²) in [4.78, 5) is 14.6. The molecule has 2 aromatic carbocycles. The molecule has 0 saturated heterocycles. The van der Waals surface area contributed by atoms with Crippen LogP contribution in [0.5, 0.6) is 5.75 Å². The summed E-state index contributed by atoms with van der Waals surface area (Å²) in [6.45, 7) is 2.00. The molecule has 1 N–H and O–H groups in total. The molecule has 30 heavy (non-hydrogen) atoms. The van der Waals surface area contributed by atoms with Crippen molar-refractivity contribution in [2.75, 3.05) is 32.7 Å². The number of hydrogen-bond donors (Lipinski definition) is 1. The van der Waals surface area contributed by atoms with E-state index in [0.717, 1.165) is 22.0 Å². The van der Waals surface area contributed by atoms with E-state index in [4.69, 9.17) is 21.1 Å². The normalized spacial score (nSPS) is 10.6. The number of rotatable bonds is 9. The molecule has 0 atom stereocenters. The monoisotopic (exact) mass is 427 g/mol. The standard InChI is InChI=1S/C23H26ClN3O3/c1-29-15-14-27(23(28)25-19-9-11-21(30-2)12-10-19)17-20-7-5-13-26(20)16-18-6-3-4-8-22(18)24/h3-13H,14-17H2,1-2H3,(H,25,28). The summed E-state index contributed by atoms with van der Waals surface area (Å²) in [6, 6.07) is 18.8. The number of carbonyl (C=O) groups excluding carboxylic acids is 1. The molecule has 3 rings (SSSR count). The average molecular weight is 428 g/mol. The van der Waals surface area contributed by atoms with Crippen molar-refractivity contribution >= 4 is 23.3 Å². The van der Waals surface area contributed by atoms with Crippen LogP contribution in [0.25, 0.3) is 0 Å². The molecule has 0 unspecified atom stereocenters. The second kappa shape index (κ2) is 10.7. The highest BCUT2D eigenvalue weighted by Gasteiger charge is 2.16. The van der Waals surface area contributed by atoms with Crippen LogP contribution in [-0.4, -0.2) is 42.9 Å². The molecule has 3 aromatic rings. The number of ether oxygens (including phenoxy) is 2. The summed E-state index contributed by atoms with van der Waals surface area (Å²) >= 11 is 6.32. The van der Waals surface area contributed by atoms with Crippen molar-refractivity contribution in [3.05, 3.63) is 83.1 Å². The van der Waals surface area contributed by atoms with Gasteiger partial charge in [-0.25, -0.2) is 4.79 Å². The maximum atomic E-state index is 12.9. The predicted molar refractivity (Wildman–Crippen MR) is 119 cm³/mol. The minimum Gasteiger partial charge on any atom is -0.497 e. The van der Waals surface area contributed by atoms with Crippen molar-refractivity contribution in [2.45, 2.75) is 13.1 Å². The van der Waals surface area contributed by atoms with E-state index in [9.17, 15) is 4.79 Å². The molecule has 7 heteroatoms. The Bertz CT molecular complexity index is 956. The van der Waals surface area contributed by atoms with Crippen molar-refractivity contribution in [1.29, 1.82) is 0 Å². The Morgan fingerprint density at radius 2 is 1.83 bits per heavy atom. The van der Waals surface area contributed by atoms with Gasteiger partial charge in [-0.1, -0.05) is 29.8 Å². The molecule has 0 bridgehead atoms. The number of nitrogens with zero attached hydrogens (tertiary/aromatic N) is 2. The maximum absolute atomic E-state index is 12.9. The number of amides is 2. The number of halogens is 1. The predicted octanol–water partition coefficient (Wildman–Crippen LogP) is 4.88. The fraction of sp³-hybridized carbons (Fsp3) is 0.261. The highest BCUT2D eigenvalue weighted by Crippen LogP contribution is 2.19. The first kappa shape index (κ1) is 21.7. The lowest BCUT2D eigenvalue weighted by molar-refractivity contribution is 0.152. The van der Waals surface area contributed by atoms with Crippen molar-refractivity contribution < 1.29 is 14.3 Å². The Balaban J connectivity index is 1.72. The van der Waals surface area contributed by atoms with Gasteiger partial charge >= 0.3 is 6.03 Å². The van der Waals surface area contributed by atoms with Gasteiger partial charge in [-0.15, -0.1) is 0 Å². The number of anilines is 1. The van der Waals surface area contributed by atoms with Crippen molar-refractivity contribution in [3.8, 4) is 5.75 Å². The van der Waals surface area contributed by atoms with E-state index < -0.39 is 0 Å². The molecule has 6 nitrogen and oxygen atoms in total. The van der Waals surface area contributed by atoms with Gasteiger partial charge in [-0.2, -0.15) is 0 Å². The first-order valence-electron chi connectivity index (χ1n) is 9.67. The maximum Gasteiger partial charge on any atom is 0.322 e. The van der Waals surface area contributed by atoms with Crippen LogP contribution >= 0.6 is 11.6 Å². The highest BCUT2D eigenvalue weighted by molar-refractivity contribution is 6.31. The summed E-state index contributed by atoms with van der Waals surface area (Å²) in [5.41, 5.74) is 2.74. The van der Waals surface area contributed by atoms with Crippen LogP contribution in [0.2, 0.25) is 5.02 Å². The van der Waals surface area contributed by atoms with Crippen molar-refractivity contribution in [2.24, 2.45) is 0 Å². The third kappa shape index (κ3) is 5.78. The topological polar surface area (TPSA) is 55.7 Å². The van der Waals surface area contributed by atoms with Gasteiger partial charge in [0.05, 0.1) is 20.3 Å². The molecule has 0 aliphatic carbocycles. The van der Waals surface area contributed by atoms with Gasteiger partial charge in [0.2, 0.25) is 0 Å². The Hall–Kier alpha value is -2.96. The Labute approximate surface area is 182 Å². The quantitative estimate of drug-likeness (QED) is 0.529. The SMILES string of the molecule is COCCN(Cc1cccn1Cc1ccccc1Cl)C(=O)Nc1ccc(OC)cc1. The number of carbonyl (C=O) groups is 1. The van der Waals surface area contributed by atoms with E-state index >= 15 is 0 Å². The molecule has 0 aliphatic rings. The second-order valence-corrected chi connectivity index (χ2v) is 7.20. The third-order valence-electron chi connectivity index (χ3n) is 4.77. The zero-order chi connectivity index (χ0) is 21.3. The Morgan fingerprint density at radius 3 is 2.53 bits per heavy atom. The summed E-state index contributed by atoms with van der Waals surface area (Å²) in [6.07, 6.45) is 1.99. The average Bonchev–Trinajstić information content (AvgIpc) is 3.19. The minimum absolute atomic E-state index is 0.192. The second-order valence-electron chi connectivity index (χ2n) is 6.79. The number of benzene rings is 2. The van der Waals surface area contributed by atoms with Crippen LogP contribution in [0, 0.1) is 0 Å².